The van der Waals surface area contributed by atoms with Crippen LogP contribution >= 0.6 is 0 Å². The highest BCUT2D eigenvalue weighted by Crippen LogP contribution is 2.21. The van der Waals surface area contributed by atoms with Gasteiger partial charge in [-0.1, -0.05) is 30.3 Å². The number of hydrogen-bond acceptors (Lipinski definition) is 4. The zero-order valence-electron chi connectivity index (χ0n) is 12.6. The molecule has 6 nitrogen and oxygen atoms in total. The number of piperidine rings is 1. The van der Waals surface area contributed by atoms with Crippen LogP contribution in [0.2, 0.25) is 0 Å². The smallest absolute Gasteiger partial charge is 0.273 e. The van der Waals surface area contributed by atoms with Crippen molar-refractivity contribution < 1.29 is 9.59 Å². The van der Waals surface area contributed by atoms with E-state index in [1.807, 2.05) is 18.2 Å². The minimum atomic E-state index is -0.350. The van der Waals surface area contributed by atoms with Crippen molar-refractivity contribution in [1.82, 2.24) is 14.9 Å². The molecule has 1 N–H and O–H groups in total. The van der Waals surface area contributed by atoms with Crippen molar-refractivity contribution in [2.24, 2.45) is 5.92 Å². The number of carbonyl (C=O) groups excluding carboxylic acids is 2. The lowest BCUT2D eigenvalue weighted by atomic mass is 9.90. The SMILES string of the molecule is O=C(c1ccccc1)C1CCCN(C(=O)c2c[nH]c(=O)cn2)C1. The minimum absolute atomic E-state index is 0.0672. The number of Topliss-reactive ketones (excluding diaryl/α,β-unsaturated/α-hetero) is 1. The van der Waals surface area contributed by atoms with Crippen molar-refractivity contribution in [3.8, 4) is 0 Å². The summed E-state index contributed by atoms with van der Waals surface area (Å²) in [5, 5.41) is 0. The summed E-state index contributed by atoms with van der Waals surface area (Å²) in [6.45, 7) is 0.978. The van der Waals surface area contributed by atoms with Crippen LogP contribution < -0.4 is 5.56 Å². The predicted molar refractivity (Wildman–Crippen MR) is 84.3 cm³/mol. The molecule has 0 aliphatic carbocycles. The highest BCUT2D eigenvalue weighted by atomic mass is 16.2. The molecule has 0 spiro atoms. The molecule has 1 fully saturated rings. The largest absolute Gasteiger partial charge is 0.337 e. The first-order valence-electron chi connectivity index (χ1n) is 7.58. The number of nitrogens with one attached hydrogen (secondary N) is 1. The number of rotatable bonds is 3. The third kappa shape index (κ3) is 3.36. The van der Waals surface area contributed by atoms with Crippen LogP contribution in [-0.4, -0.2) is 39.6 Å². The Labute approximate surface area is 133 Å². The molecule has 1 aliphatic heterocycles. The number of carbonyl (C=O) groups is 2. The highest BCUT2D eigenvalue weighted by molar-refractivity contribution is 5.99. The molecular weight excluding hydrogens is 294 g/mol. The second kappa shape index (κ2) is 6.56. The topological polar surface area (TPSA) is 83.1 Å². The molecule has 6 heteroatoms. The van der Waals surface area contributed by atoms with E-state index in [-0.39, 0.29) is 28.9 Å². The average molecular weight is 311 g/mol. The van der Waals surface area contributed by atoms with Crippen LogP contribution in [0.3, 0.4) is 0 Å². The van der Waals surface area contributed by atoms with Crippen molar-refractivity contribution in [2.75, 3.05) is 13.1 Å². The van der Waals surface area contributed by atoms with Crippen molar-refractivity contribution in [1.29, 1.82) is 0 Å². The zero-order chi connectivity index (χ0) is 16.2. The third-order valence-electron chi connectivity index (χ3n) is 4.03. The Morgan fingerprint density at radius 1 is 1.22 bits per heavy atom. The van der Waals surface area contributed by atoms with Gasteiger partial charge in [0, 0.05) is 30.8 Å². The van der Waals surface area contributed by atoms with Crippen LogP contribution in [0, 0.1) is 5.92 Å². The molecule has 3 rings (SSSR count). The number of benzene rings is 1. The van der Waals surface area contributed by atoms with E-state index in [2.05, 4.69) is 9.97 Å². The van der Waals surface area contributed by atoms with Crippen LogP contribution in [0.4, 0.5) is 0 Å². The maximum atomic E-state index is 12.5. The fourth-order valence-corrected chi connectivity index (χ4v) is 2.83. The molecule has 2 aromatic rings. The van der Waals surface area contributed by atoms with Gasteiger partial charge in [-0.05, 0) is 12.8 Å². The normalized spacial score (nSPS) is 17.7. The third-order valence-corrected chi connectivity index (χ3v) is 4.03. The summed E-state index contributed by atoms with van der Waals surface area (Å²) in [5.74, 6) is -0.387. The van der Waals surface area contributed by atoms with Gasteiger partial charge in [-0.25, -0.2) is 4.98 Å². The zero-order valence-corrected chi connectivity index (χ0v) is 12.6. The predicted octanol–water partition coefficient (Wildman–Crippen LogP) is 1.51. The molecule has 1 unspecified atom stereocenters. The van der Waals surface area contributed by atoms with Gasteiger partial charge < -0.3 is 9.88 Å². The van der Waals surface area contributed by atoms with Gasteiger partial charge in [0.2, 0.25) is 0 Å². The summed E-state index contributed by atoms with van der Waals surface area (Å²) in [7, 11) is 0. The van der Waals surface area contributed by atoms with Gasteiger partial charge in [0.25, 0.3) is 11.5 Å². The quantitative estimate of drug-likeness (QED) is 0.871. The number of ketones is 1. The Kier molecular flexibility index (Phi) is 4.32. The molecule has 1 aliphatic rings. The van der Waals surface area contributed by atoms with Crippen LogP contribution in [0.5, 0.6) is 0 Å². The summed E-state index contributed by atoms with van der Waals surface area (Å²) in [6, 6.07) is 9.14. The average Bonchev–Trinajstić information content (AvgIpc) is 2.62. The van der Waals surface area contributed by atoms with E-state index < -0.39 is 0 Å². The second-order valence-corrected chi connectivity index (χ2v) is 5.62. The Morgan fingerprint density at radius 2 is 2.00 bits per heavy atom. The van der Waals surface area contributed by atoms with E-state index in [0.29, 0.717) is 18.7 Å². The molecule has 23 heavy (non-hydrogen) atoms. The van der Waals surface area contributed by atoms with Gasteiger partial charge in [-0.3, -0.25) is 14.4 Å². The van der Waals surface area contributed by atoms with Gasteiger partial charge >= 0.3 is 0 Å². The molecule has 1 amide bonds. The molecule has 1 aromatic heterocycles. The van der Waals surface area contributed by atoms with E-state index in [1.54, 1.807) is 17.0 Å². The van der Waals surface area contributed by atoms with Gasteiger partial charge in [-0.2, -0.15) is 0 Å². The first-order valence-corrected chi connectivity index (χ1v) is 7.58. The fourth-order valence-electron chi connectivity index (χ4n) is 2.83. The summed E-state index contributed by atoms with van der Waals surface area (Å²) in [6.07, 6.45) is 3.95. The summed E-state index contributed by atoms with van der Waals surface area (Å²) in [4.78, 5) is 44.0. The fraction of sp³-hybridized carbons (Fsp3) is 0.294. The number of aromatic amines is 1. The molecule has 1 aromatic carbocycles. The van der Waals surface area contributed by atoms with Gasteiger partial charge in [0.15, 0.2) is 5.78 Å². The number of H-pyrrole nitrogens is 1. The van der Waals surface area contributed by atoms with Gasteiger partial charge in [0.05, 0.1) is 6.20 Å². The Morgan fingerprint density at radius 3 is 2.70 bits per heavy atom. The van der Waals surface area contributed by atoms with Crippen LogP contribution in [-0.2, 0) is 0 Å². The number of likely N-dealkylation sites (tertiary alicyclic amines) is 1. The van der Waals surface area contributed by atoms with Crippen LogP contribution in [0.25, 0.3) is 0 Å². The molecular formula is C17H17N3O3. The van der Waals surface area contributed by atoms with Gasteiger partial charge in [0.1, 0.15) is 5.69 Å². The van der Waals surface area contributed by atoms with Crippen LogP contribution in [0.15, 0.2) is 47.5 Å². The molecule has 1 atom stereocenters. The minimum Gasteiger partial charge on any atom is -0.337 e. The lowest BCUT2D eigenvalue weighted by Gasteiger charge is -2.31. The summed E-state index contributed by atoms with van der Waals surface area (Å²) >= 11 is 0. The van der Waals surface area contributed by atoms with E-state index in [1.165, 1.54) is 6.20 Å². The second-order valence-electron chi connectivity index (χ2n) is 5.62. The number of nitrogens with zero attached hydrogens (tertiary/aromatic N) is 2. The lowest BCUT2D eigenvalue weighted by Crippen LogP contribution is -2.42. The lowest BCUT2D eigenvalue weighted by molar-refractivity contribution is 0.0631. The molecule has 1 saturated heterocycles. The van der Waals surface area contributed by atoms with Crippen molar-refractivity contribution in [3.63, 3.8) is 0 Å². The Balaban J connectivity index is 1.73. The summed E-state index contributed by atoms with van der Waals surface area (Å²) in [5.41, 5.74) is 0.517. The Bertz CT molecular complexity index is 750. The van der Waals surface area contributed by atoms with Crippen molar-refractivity contribution in [2.45, 2.75) is 12.8 Å². The molecule has 0 saturated carbocycles. The van der Waals surface area contributed by atoms with Gasteiger partial charge in [-0.15, -0.1) is 0 Å². The van der Waals surface area contributed by atoms with Crippen molar-refractivity contribution >= 4 is 11.7 Å². The summed E-state index contributed by atoms with van der Waals surface area (Å²) < 4.78 is 0. The first kappa shape index (κ1) is 15.1. The number of hydrogen-bond donors (Lipinski definition) is 1. The number of aromatic nitrogens is 2. The van der Waals surface area contributed by atoms with E-state index in [9.17, 15) is 14.4 Å². The molecule has 0 bridgehead atoms. The maximum Gasteiger partial charge on any atom is 0.273 e. The monoisotopic (exact) mass is 311 g/mol. The molecule has 2 heterocycles. The number of amides is 1. The molecule has 118 valence electrons. The standard InChI is InChI=1S/C17H17N3O3/c21-15-10-18-14(9-19-15)17(23)20-8-4-7-13(11-20)16(22)12-5-2-1-3-6-12/h1-3,5-6,9-10,13H,4,7-8,11H2,(H,19,21). The van der Waals surface area contributed by atoms with E-state index in [4.69, 9.17) is 0 Å². The molecule has 0 radical (unpaired) electrons. The van der Waals surface area contributed by atoms with E-state index >= 15 is 0 Å². The Hall–Kier alpha value is -2.76. The van der Waals surface area contributed by atoms with Crippen molar-refractivity contribution in [3.05, 3.63) is 64.3 Å². The highest BCUT2D eigenvalue weighted by Gasteiger charge is 2.29. The van der Waals surface area contributed by atoms with Crippen LogP contribution in [0.1, 0.15) is 33.7 Å². The first-order chi connectivity index (χ1) is 11.1. The van der Waals surface area contributed by atoms with E-state index in [0.717, 1.165) is 19.0 Å². The maximum absolute atomic E-state index is 12.5.